The molecule has 4 aromatic rings. The monoisotopic (exact) mass is 579 g/mol. The smallest absolute Gasteiger partial charge is 0.338 e. The standard InChI is InChI=1S/C32H25N3O6S/c1-20-9-15-24(16-10-20)33-29(37)19-41-31(39)23-13-11-21(12-14-23)17-27-30(38)35(32(40)42-27)18-28(36)34-26-8-4-6-22-5-2-3-7-25(22)26/h2-17H,18-19H2,1H3,(H,33,37)(H,34,36)/b27-17-. The van der Waals surface area contributed by atoms with Gasteiger partial charge < -0.3 is 15.4 Å². The maximum absolute atomic E-state index is 12.9. The average molecular weight is 580 g/mol. The summed E-state index contributed by atoms with van der Waals surface area (Å²) in [7, 11) is 0. The number of hydrogen-bond acceptors (Lipinski definition) is 7. The van der Waals surface area contributed by atoms with E-state index in [1.165, 1.54) is 18.2 Å². The molecule has 0 saturated carbocycles. The van der Waals surface area contributed by atoms with Crippen LogP contribution in [0.4, 0.5) is 16.2 Å². The Kier molecular flexibility index (Phi) is 8.44. The number of nitrogens with zero attached hydrogens (tertiary/aromatic N) is 1. The van der Waals surface area contributed by atoms with Gasteiger partial charge >= 0.3 is 5.97 Å². The van der Waals surface area contributed by atoms with Crippen LogP contribution in [0, 0.1) is 6.92 Å². The molecule has 10 heteroatoms. The van der Waals surface area contributed by atoms with Gasteiger partial charge in [0.2, 0.25) is 5.91 Å². The van der Waals surface area contributed by atoms with Gasteiger partial charge in [-0.1, -0.05) is 66.2 Å². The van der Waals surface area contributed by atoms with Crippen LogP contribution < -0.4 is 10.6 Å². The Hall–Kier alpha value is -5.22. The number of rotatable bonds is 8. The van der Waals surface area contributed by atoms with E-state index in [0.29, 0.717) is 16.9 Å². The Morgan fingerprint density at radius 1 is 0.833 bits per heavy atom. The number of carbonyl (C=O) groups excluding carboxylic acids is 5. The van der Waals surface area contributed by atoms with Gasteiger partial charge in [0.05, 0.1) is 10.5 Å². The summed E-state index contributed by atoms with van der Waals surface area (Å²) in [6.07, 6.45) is 1.51. The van der Waals surface area contributed by atoms with Crippen LogP contribution in [0.15, 0.2) is 95.9 Å². The lowest BCUT2D eigenvalue weighted by Crippen LogP contribution is -2.36. The second kappa shape index (κ2) is 12.5. The fraction of sp³-hybridized carbons (Fsp3) is 0.0938. The summed E-state index contributed by atoms with van der Waals surface area (Å²) < 4.78 is 5.09. The SMILES string of the molecule is Cc1ccc(NC(=O)COC(=O)c2ccc(/C=C3\SC(=O)N(CC(=O)Nc4cccc5ccccc45)C3=O)cc2)cc1. The van der Waals surface area contributed by atoms with E-state index in [-0.39, 0.29) is 10.5 Å². The number of thioether (sulfide) groups is 1. The first-order valence-corrected chi connectivity index (χ1v) is 13.8. The zero-order valence-corrected chi connectivity index (χ0v) is 23.3. The number of nitrogens with one attached hydrogen (secondary N) is 2. The van der Waals surface area contributed by atoms with Gasteiger partial charge in [-0.15, -0.1) is 0 Å². The third-order valence-corrected chi connectivity index (χ3v) is 7.26. The summed E-state index contributed by atoms with van der Waals surface area (Å²) in [5.74, 6) is -2.23. The molecule has 1 aliphatic heterocycles. The minimum absolute atomic E-state index is 0.154. The molecule has 1 fully saturated rings. The fourth-order valence-electron chi connectivity index (χ4n) is 4.22. The van der Waals surface area contributed by atoms with Crippen LogP contribution >= 0.6 is 11.8 Å². The van der Waals surface area contributed by atoms with Gasteiger partial charge in [0.1, 0.15) is 6.54 Å². The summed E-state index contributed by atoms with van der Waals surface area (Å²) in [6.45, 7) is 1.06. The van der Waals surface area contributed by atoms with Crippen LogP contribution in [0.25, 0.3) is 16.8 Å². The lowest BCUT2D eigenvalue weighted by atomic mass is 10.1. The molecule has 0 atom stereocenters. The predicted molar refractivity (Wildman–Crippen MR) is 162 cm³/mol. The summed E-state index contributed by atoms with van der Waals surface area (Å²) in [5.41, 5.74) is 3.02. The zero-order chi connectivity index (χ0) is 29.6. The first kappa shape index (κ1) is 28.3. The number of carbonyl (C=O) groups is 5. The van der Waals surface area contributed by atoms with Crippen molar-refractivity contribution in [3.8, 4) is 0 Å². The molecule has 1 heterocycles. The highest BCUT2D eigenvalue weighted by molar-refractivity contribution is 8.18. The first-order valence-electron chi connectivity index (χ1n) is 12.9. The molecule has 210 valence electrons. The molecule has 42 heavy (non-hydrogen) atoms. The second-order valence-electron chi connectivity index (χ2n) is 9.46. The summed E-state index contributed by atoms with van der Waals surface area (Å²) in [6, 6.07) is 26.4. The van der Waals surface area contributed by atoms with Crippen molar-refractivity contribution in [1.29, 1.82) is 0 Å². The van der Waals surface area contributed by atoms with Crippen LogP contribution in [-0.2, 0) is 19.1 Å². The Bertz CT molecular complexity index is 1730. The molecule has 0 bridgehead atoms. The number of benzene rings is 4. The van der Waals surface area contributed by atoms with E-state index in [2.05, 4.69) is 10.6 Å². The molecule has 1 saturated heterocycles. The van der Waals surface area contributed by atoms with Crippen molar-refractivity contribution < 1.29 is 28.7 Å². The number of ether oxygens (including phenoxy) is 1. The van der Waals surface area contributed by atoms with Crippen molar-refractivity contribution in [3.05, 3.63) is 113 Å². The van der Waals surface area contributed by atoms with E-state index >= 15 is 0 Å². The minimum atomic E-state index is -0.682. The first-order chi connectivity index (χ1) is 20.3. The molecule has 9 nitrogen and oxygen atoms in total. The third kappa shape index (κ3) is 6.73. The predicted octanol–water partition coefficient (Wildman–Crippen LogP) is 5.62. The lowest BCUT2D eigenvalue weighted by molar-refractivity contribution is -0.127. The minimum Gasteiger partial charge on any atom is -0.452 e. The Balaban J connectivity index is 1.16. The number of anilines is 2. The van der Waals surface area contributed by atoms with E-state index in [4.69, 9.17) is 4.74 Å². The van der Waals surface area contributed by atoms with Crippen molar-refractivity contribution in [2.45, 2.75) is 6.92 Å². The van der Waals surface area contributed by atoms with Crippen LogP contribution in [0.3, 0.4) is 0 Å². The third-order valence-electron chi connectivity index (χ3n) is 6.35. The van der Waals surface area contributed by atoms with Gasteiger partial charge in [0, 0.05) is 16.8 Å². The molecule has 4 amide bonds. The quantitative estimate of drug-likeness (QED) is 0.205. The number of fused-ring (bicyclic) bond motifs is 1. The van der Waals surface area contributed by atoms with Gasteiger partial charge in [-0.25, -0.2) is 4.79 Å². The molecule has 0 unspecified atom stereocenters. The van der Waals surface area contributed by atoms with Crippen LogP contribution in [-0.4, -0.2) is 47.0 Å². The molecule has 5 rings (SSSR count). The van der Waals surface area contributed by atoms with E-state index in [0.717, 1.165) is 33.0 Å². The molecule has 4 aromatic carbocycles. The number of aryl methyl sites for hydroxylation is 1. The Labute approximate surface area is 245 Å². The summed E-state index contributed by atoms with van der Waals surface area (Å²) >= 11 is 0.733. The Morgan fingerprint density at radius 3 is 2.31 bits per heavy atom. The van der Waals surface area contributed by atoms with Crippen molar-refractivity contribution in [2.24, 2.45) is 0 Å². The Morgan fingerprint density at radius 2 is 1.55 bits per heavy atom. The second-order valence-corrected chi connectivity index (χ2v) is 10.4. The highest BCUT2D eigenvalue weighted by atomic mass is 32.2. The van der Waals surface area contributed by atoms with E-state index < -0.39 is 42.1 Å². The molecule has 2 N–H and O–H groups in total. The highest BCUT2D eigenvalue weighted by Gasteiger charge is 2.36. The zero-order valence-electron chi connectivity index (χ0n) is 22.5. The van der Waals surface area contributed by atoms with E-state index in [1.807, 2.05) is 55.5 Å². The number of hydrogen-bond donors (Lipinski definition) is 2. The maximum atomic E-state index is 12.9. The molecular formula is C32H25N3O6S. The summed E-state index contributed by atoms with van der Waals surface area (Å²) in [5, 5.41) is 6.68. The molecule has 0 spiro atoms. The van der Waals surface area contributed by atoms with Crippen LogP contribution in [0.2, 0.25) is 0 Å². The molecule has 1 aliphatic rings. The molecule has 0 aromatic heterocycles. The fourth-order valence-corrected chi connectivity index (χ4v) is 5.06. The van der Waals surface area contributed by atoms with E-state index in [9.17, 15) is 24.0 Å². The van der Waals surface area contributed by atoms with Gasteiger partial charge in [-0.2, -0.15) is 0 Å². The summed E-state index contributed by atoms with van der Waals surface area (Å²) in [4.78, 5) is 63.7. The molecule has 0 aliphatic carbocycles. The topological polar surface area (TPSA) is 122 Å². The van der Waals surface area contributed by atoms with E-state index in [1.54, 1.807) is 30.3 Å². The van der Waals surface area contributed by atoms with Crippen LogP contribution in [0.1, 0.15) is 21.5 Å². The van der Waals surface area contributed by atoms with Gasteiger partial charge in [-0.05, 0) is 66.0 Å². The van der Waals surface area contributed by atoms with Gasteiger partial charge in [0.15, 0.2) is 6.61 Å². The van der Waals surface area contributed by atoms with Gasteiger partial charge in [-0.3, -0.25) is 24.1 Å². The molecule has 0 radical (unpaired) electrons. The molecular weight excluding hydrogens is 554 g/mol. The van der Waals surface area contributed by atoms with Crippen molar-refractivity contribution in [1.82, 2.24) is 4.90 Å². The maximum Gasteiger partial charge on any atom is 0.338 e. The van der Waals surface area contributed by atoms with Crippen molar-refractivity contribution in [3.63, 3.8) is 0 Å². The van der Waals surface area contributed by atoms with Crippen molar-refractivity contribution in [2.75, 3.05) is 23.8 Å². The highest BCUT2D eigenvalue weighted by Crippen LogP contribution is 2.32. The number of imide groups is 1. The normalized spacial score (nSPS) is 13.8. The van der Waals surface area contributed by atoms with Crippen molar-refractivity contribution >= 4 is 68.9 Å². The van der Waals surface area contributed by atoms with Gasteiger partial charge in [0.25, 0.3) is 17.1 Å². The number of esters is 1. The number of amides is 4. The largest absolute Gasteiger partial charge is 0.452 e. The lowest BCUT2D eigenvalue weighted by Gasteiger charge is -2.13. The average Bonchev–Trinajstić information content (AvgIpc) is 3.24. The van der Waals surface area contributed by atoms with Crippen LogP contribution in [0.5, 0.6) is 0 Å².